The Morgan fingerprint density at radius 3 is 2.79 bits per heavy atom. The van der Waals surface area contributed by atoms with E-state index < -0.39 is 0 Å². The van der Waals surface area contributed by atoms with Gasteiger partial charge < -0.3 is 10.1 Å². The molecule has 0 saturated heterocycles. The van der Waals surface area contributed by atoms with Crippen molar-refractivity contribution < 1.29 is 9.53 Å². The van der Waals surface area contributed by atoms with Crippen molar-refractivity contribution in [2.75, 3.05) is 18.2 Å². The first-order valence-electron chi connectivity index (χ1n) is 10.5. The smallest absolute Gasteiger partial charge is 0.227 e. The van der Waals surface area contributed by atoms with Crippen LogP contribution in [0.2, 0.25) is 0 Å². The quantitative estimate of drug-likeness (QED) is 0.487. The van der Waals surface area contributed by atoms with E-state index in [9.17, 15) is 4.79 Å². The highest BCUT2D eigenvalue weighted by molar-refractivity contribution is 7.99. The first kappa shape index (κ1) is 20.0. The second kappa shape index (κ2) is 9.03. The van der Waals surface area contributed by atoms with Gasteiger partial charge in [-0.3, -0.25) is 4.79 Å². The molecule has 0 saturated carbocycles. The number of carbonyl (C=O) groups excluding carboxylic acids is 1. The van der Waals surface area contributed by atoms with Gasteiger partial charge in [-0.2, -0.15) is 4.98 Å². The number of methoxy groups -OCH3 is 1. The SMILES string of the molecule is CCCCCCSc1nc2n(n1)[C@@H](c1ccc(OC)cc1)C1=C(CCCC1=O)N2. The molecule has 1 aromatic heterocycles. The van der Waals surface area contributed by atoms with Crippen LogP contribution in [0.25, 0.3) is 0 Å². The number of ether oxygens (including phenoxy) is 1. The van der Waals surface area contributed by atoms with Crippen molar-refractivity contribution in [1.29, 1.82) is 0 Å². The molecule has 6 nitrogen and oxygen atoms in total. The fraction of sp³-hybridized carbons (Fsp3) is 0.500. The Labute approximate surface area is 176 Å². The Morgan fingerprint density at radius 1 is 1.21 bits per heavy atom. The monoisotopic (exact) mass is 412 g/mol. The maximum Gasteiger partial charge on any atom is 0.227 e. The summed E-state index contributed by atoms with van der Waals surface area (Å²) >= 11 is 1.70. The summed E-state index contributed by atoms with van der Waals surface area (Å²) in [7, 11) is 1.66. The number of benzene rings is 1. The summed E-state index contributed by atoms with van der Waals surface area (Å²) < 4.78 is 7.19. The van der Waals surface area contributed by atoms with E-state index in [0.29, 0.717) is 6.42 Å². The number of nitrogens with one attached hydrogen (secondary N) is 1. The van der Waals surface area contributed by atoms with Gasteiger partial charge in [0, 0.05) is 23.4 Å². The van der Waals surface area contributed by atoms with Crippen molar-refractivity contribution in [3.05, 3.63) is 41.1 Å². The second-order valence-corrected chi connectivity index (χ2v) is 8.60. The molecule has 0 radical (unpaired) electrons. The minimum Gasteiger partial charge on any atom is -0.497 e. The molecule has 2 aliphatic rings. The molecule has 29 heavy (non-hydrogen) atoms. The van der Waals surface area contributed by atoms with Gasteiger partial charge in [-0.15, -0.1) is 5.10 Å². The molecule has 0 unspecified atom stereocenters. The number of fused-ring (bicyclic) bond motifs is 1. The number of carbonyl (C=O) groups is 1. The molecule has 0 bridgehead atoms. The number of unbranched alkanes of at least 4 members (excludes halogenated alkanes) is 3. The third-order valence-electron chi connectivity index (χ3n) is 5.51. The van der Waals surface area contributed by atoms with Crippen LogP contribution in [0.1, 0.15) is 63.5 Å². The van der Waals surface area contributed by atoms with Crippen LogP contribution in [0, 0.1) is 0 Å². The number of hydrogen-bond donors (Lipinski definition) is 1. The van der Waals surface area contributed by atoms with Crippen molar-refractivity contribution in [3.63, 3.8) is 0 Å². The summed E-state index contributed by atoms with van der Waals surface area (Å²) in [6.45, 7) is 2.22. The molecule has 1 N–H and O–H groups in total. The fourth-order valence-electron chi connectivity index (χ4n) is 3.98. The van der Waals surface area contributed by atoms with Crippen molar-refractivity contribution in [2.45, 2.75) is 63.1 Å². The summed E-state index contributed by atoms with van der Waals surface area (Å²) in [5.74, 6) is 2.75. The summed E-state index contributed by atoms with van der Waals surface area (Å²) in [6.07, 6.45) is 7.27. The minimum absolute atomic E-state index is 0.203. The van der Waals surface area contributed by atoms with E-state index in [1.165, 1.54) is 25.7 Å². The molecule has 0 spiro atoms. The van der Waals surface area contributed by atoms with Crippen LogP contribution in [0.15, 0.2) is 40.7 Å². The lowest BCUT2D eigenvalue weighted by atomic mass is 9.85. The molecule has 7 heteroatoms. The standard InChI is InChI=1S/C22H28N4O2S/c1-3-4-5-6-14-29-22-24-21-23-17-8-7-9-18(27)19(17)20(26(21)25-22)15-10-12-16(28-2)13-11-15/h10-13,20H,3-9,14H2,1-2H3,(H,23,24,25)/t20-/m0/s1. The van der Waals surface area contributed by atoms with Gasteiger partial charge in [0.15, 0.2) is 5.78 Å². The second-order valence-electron chi connectivity index (χ2n) is 7.54. The first-order chi connectivity index (χ1) is 14.2. The highest BCUT2D eigenvalue weighted by atomic mass is 32.2. The average Bonchev–Trinajstić information content (AvgIpc) is 3.15. The molecular weight excluding hydrogens is 384 g/mol. The van der Waals surface area contributed by atoms with Crippen molar-refractivity contribution in [2.24, 2.45) is 0 Å². The molecule has 2 heterocycles. The Hall–Kier alpha value is -2.28. The molecule has 1 aliphatic heterocycles. The van der Waals surface area contributed by atoms with Gasteiger partial charge in [-0.05, 0) is 37.0 Å². The predicted octanol–water partition coefficient (Wildman–Crippen LogP) is 4.98. The number of nitrogens with zero attached hydrogens (tertiary/aromatic N) is 3. The van der Waals surface area contributed by atoms with E-state index in [1.807, 2.05) is 28.9 Å². The van der Waals surface area contributed by atoms with Gasteiger partial charge in [0.05, 0.1) is 7.11 Å². The summed E-state index contributed by atoms with van der Waals surface area (Å²) in [5, 5.41) is 8.95. The first-order valence-corrected chi connectivity index (χ1v) is 11.5. The predicted molar refractivity (Wildman–Crippen MR) is 116 cm³/mol. The zero-order valence-corrected chi connectivity index (χ0v) is 17.9. The number of anilines is 1. The molecule has 2 aromatic rings. The van der Waals surface area contributed by atoms with Crippen LogP contribution in [-0.2, 0) is 4.79 Å². The van der Waals surface area contributed by atoms with Crippen LogP contribution >= 0.6 is 11.8 Å². The number of allylic oxidation sites excluding steroid dienone is 2. The van der Waals surface area contributed by atoms with Gasteiger partial charge in [-0.25, -0.2) is 4.68 Å². The molecule has 1 aliphatic carbocycles. The number of ketones is 1. The van der Waals surface area contributed by atoms with Gasteiger partial charge in [0.25, 0.3) is 0 Å². The molecule has 0 amide bonds. The minimum atomic E-state index is -0.234. The number of thioether (sulfide) groups is 1. The van der Waals surface area contributed by atoms with Gasteiger partial charge in [0.1, 0.15) is 11.8 Å². The Kier molecular flexibility index (Phi) is 6.23. The normalized spacial score (nSPS) is 18.3. The van der Waals surface area contributed by atoms with Crippen molar-refractivity contribution in [3.8, 4) is 5.75 Å². The van der Waals surface area contributed by atoms with Crippen LogP contribution in [0.3, 0.4) is 0 Å². The van der Waals surface area contributed by atoms with Crippen LogP contribution < -0.4 is 10.1 Å². The highest BCUT2D eigenvalue weighted by Gasteiger charge is 2.36. The Bertz CT molecular complexity index is 904. The van der Waals surface area contributed by atoms with Crippen LogP contribution in [0.4, 0.5) is 5.95 Å². The Balaban J connectivity index is 1.64. The van der Waals surface area contributed by atoms with E-state index in [1.54, 1.807) is 18.9 Å². The molecule has 0 fully saturated rings. The topological polar surface area (TPSA) is 69.0 Å². The van der Waals surface area contributed by atoms with E-state index in [0.717, 1.165) is 52.3 Å². The van der Waals surface area contributed by atoms with Crippen LogP contribution in [-0.4, -0.2) is 33.4 Å². The third-order valence-corrected chi connectivity index (χ3v) is 6.43. The van der Waals surface area contributed by atoms with E-state index in [2.05, 4.69) is 12.2 Å². The fourth-order valence-corrected chi connectivity index (χ4v) is 4.81. The van der Waals surface area contributed by atoms with E-state index in [4.69, 9.17) is 14.8 Å². The number of Topliss-reactive ketones (excluding diaryl/α,β-unsaturated/α-hetero) is 1. The summed E-state index contributed by atoms with van der Waals surface area (Å²) in [6, 6.07) is 7.67. The molecular formula is C22H28N4O2S. The molecule has 1 atom stereocenters. The number of hydrogen-bond acceptors (Lipinski definition) is 6. The average molecular weight is 413 g/mol. The summed E-state index contributed by atoms with van der Waals surface area (Å²) in [5.41, 5.74) is 2.86. The number of rotatable bonds is 8. The highest BCUT2D eigenvalue weighted by Crippen LogP contribution is 2.40. The number of aromatic nitrogens is 3. The lowest BCUT2D eigenvalue weighted by Gasteiger charge is -2.32. The maximum absolute atomic E-state index is 12.8. The van der Waals surface area contributed by atoms with Gasteiger partial charge in [0.2, 0.25) is 11.1 Å². The lowest BCUT2D eigenvalue weighted by molar-refractivity contribution is -0.116. The lowest BCUT2D eigenvalue weighted by Crippen LogP contribution is -2.31. The maximum atomic E-state index is 12.8. The molecule has 4 rings (SSSR count). The third kappa shape index (κ3) is 4.20. The zero-order chi connectivity index (χ0) is 20.2. The molecule has 1 aromatic carbocycles. The van der Waals surface area contributed by atoms with E-state index >= 15 is 0 Å². The van der Waals surface area contributed by atoms with Crippen molar-refractivity contribution in [1.82, 2.24) is 14.8 Å². The largest absolute Gasteiger partial charge is 0.497 e. The van der Waals surface area contributed by atoms with Crippen molar-refractivity contribution >= 4 is 23.5 Å². The van der Waals surface area contributed by atoms with E-state index in [-0.39, 0.29) is 11.8 Å². The summed E-state index contributed by atoms with van der Waals surface area (Å²) in [4.78, 5) is 17.6. The van der Waals surface area contributed by atoms with Gasteiger partial charge >= 0.3 is 0 Å². The molecule has 154 valence electrons. The van der Waals surface area contributed by atoms with Crippen LogP contribution in [0.5, 0.6) is 5.75 Å². The zero-order valence-electron chi connectivity index (χ0n) is 17.1. The van der Waals surface area contributed by atoms with Gasteiger partial charge in [-0.1, -0.05) is 50.1 Å². The Morgan fingerprint density at radius 2 is 2.03 bits per heavy atom.